The van der Waals surface area contributed by atoms with E-state index >= 15 is 0 Å². The third kappa shape index (κ3) is 3.58. The first-order chi connectivity index (χ1) is 9.06. The van der Waals surface area contributed by atoms with Crippen molar-refractivity contribution in [3.63, 3.8) is 0 Å². The third-order valence-corrected chi connectivity index (χ3v) is 3.36. The quantitative estimate of drug-likeness (QED) is 0.900. The highest BCUT2D eigenvalue weighted by Gasteiger charge is 2.04. The molecule has 100 valence electrons. The minimum atomic E-state index is -0.406. The van der Waals surface area contributed by atoms with Gasteiger partial charge in [-0.2, -0.15) is 0 Å². The second-order valence-corrected chi connectivity index (χ2v) is 5.11. The summed E-state index contributed by atoms with van der Waals surface area (Å²) in [6.07, 6.45) is -0.406. The first-order valence-electron chi connectivity index (χ1n) is 6.61. The third-order valence-electron chi connectivity index (χ3n) is 3.36. The van der Waals surface area contributed by atoms with E-state index in [0.717, 1.165) is 17.8 Å². The van der Waals surface area contributed by atoms with Crippen LogP contribution in [0.15, 0.2) is 48.5 Å². The number of anilines is 1. The Bertz CT molecular complexity index is 514. The van der Waals surface area contributed by atoms with Crippen molar-refractivity contribution in [3.8, 4) is 0 Å². The standard InChI is InChI=1S/C17H21NO/c1-13-4-6-15(7-5-13)12-18(3)17-10-8-16(9-11-17)14(2)19/h4-11,14,19H,12H2,1-3H3/t14-/m0/s1. The molecule has 0 aliphatic heterocycles. The van der Waals surface area contributed by atoms with Crippen molar-refractivity contribution in [3.05, 3.63) is 65.2 Å². The number of aliphatic hydroxyl groups is 1. The molecule has 2 aromatic carbocycles. The molecule has 0 saturated heterocycles. The highest BCUT2D eigenvalue weighted by molar-refractivity contribution is 5.47. The summed E-state index contributed by atoms with van der Waals surface area (Å²) in [7, 11) is 2.08. The van der Waals surface area contributed by atoms with Gasteiger partial charge in [-0.1, -0.05) is 42.0 Å². The number of aryl methyl sites for hydroxylation is 1. The molecule has 2 rings (SSSR count). The maximum Gasteiger partial charge on any atom is 0.0761 e. The lowest BCUT2D eigenvalue weighted by Gasteiger charge is -2.20. The Morgan fingerprint density at radius 3 is 2.11 bits per heavy atom. The molecular formula is C17H21NO. The van der Waals surface area contributed by atoms with Crippen LogP contribution in [0.4, 0.5) is 5.69 Å². The molecule has 0 spiro atoms. The Morgan fingerprint density at radius 1 is 1.00 bits per heavy atom. The minimum absolute atomic E-state index is 0.406. The first kappa shape index (κ1) is 13.6. The molecule has 0 radical (unpaired) electrons. The van der Waals surface area contributed by atoms with Crippen LogP contribution < -0.4 is 4.90 Å². The van der Waals surface area contributed by atoms with Crippen LogP contribution in [0.25, 0.3) is 0 Å². The van der Waals surface area contributed by atoms with Crippen molar-refractivity contribution in [2.45, 2.75) is 26.5 Å². The van der Waals surface area contributed by atoms with Crippen LogP contribution >= 0.6 is 0 Å². The largest absolute Gasteiger partial charge is 0.389 e. The van der Waals surface area contributed by atoms with E-state index in [2.05, 4.69) is 55.3 Å². The Balaban J connectivity index is 2.07. The number of aliphatic hydroxyl groups excluding tert-OH is 1. The zero-order valence-corrected chi connectivity index (χ0v) is 11.8. The van der Waals surface area contributed by atoms with Crippen LogP contribution in [0.1, 0.15) is 29.7 Å². The van der Waals surface area contributed by atoms with E-state index in [1.807, 2.05) is 12.1 Å². The van der Waals surface area contributed by atoms with E-state index in [0.29, 0.717) is 0 Å². The maximum atomic E-state index is 9.50. The van der Waals surface area contributed by atoms with E-state index in [1.165, 1.54) is 11.1 Å². The zero-order valence-electron chi connectivity index (χ0n) is 11.8. The number of rotatable bonds is 4. The molecule has 0 unspecified atom stereocenters. The van der Waals surface area contributed by atoms with E-state index in [4.69, 9.17) is 0 Å². The molecule has 2 aromatic rings. The number of benzene rings is 2. The Labute approximate surface area is 115 Å². The number of hydrogen-bond acceptors (Lipinski definition) is 2. The lowest BCUT2D eigenvalue weighted by atomic mass is 10.1. The van der Waals surface area contributed by atoms with Gasteiger partial charge >= 0.3 is 0 Å². The summed E-state index contributed by atoms with van der Waals surface area (Å²) >= 11 is 0. The molecule has 0 amide bonds. The highest BCUT2D eigenvalue weighted by Crippen LogP contribution is 2.19. The van der Waals surface area contributed by atoms with E-state index in [9.17, 15) is 5.11 Å². The summed E-state index contributed by atoms with van der Waals surface area (Å²) < 4.78 is 0. The van der Waals surface area contributed by atoms with Crippen molar-refractivity contribution in [2.75, 3.05) is 11.9 Å². The smallest absolute Gasteiger partial charge is 0.0761 e. The Morgan fingerprint density at radius 2 is 1.58 bits per heavy atom. The van der Waals surface area contributed by atoms with E-state index < -0.39 is 6.10 Å². The van der Waals surface area contributed by atoms with Crippen molar-refractivity contribution in [1.82, 2.24) is 0 Å². The SMILES string of the molecule is Cc1ccc(CN(C)c2ccc([C@H](C)O)cc2)cc1. The monoisotopic (exact) mass is 255 g/mol. The Kier molecular flexibility index (Phi) is 4.23. The summed E-state index contributed by atoms with van der Waals surface area (Å²) in [6, 6.07) is 16.7. The molecule has 19 heavy (non-hydrogen) atoms. The van der Waals surface area contributed by atoms with Gasteiger partial charge in [0.25, 0.3) is 0 Å². The molecule has 0 saturated carbocycles. The predicted molar refractivity (Wildman–Crippen MR) is 80.4 cm³/mol. The topological polar surface area (TPSA) is 23.5 Å². The predicted octanol–water partition coefficient (Wildman–Crippen LogP) is 3.68. The maximum absolute atomic E-state index is 9.50. The van der Waals surface area contributed by atoms with Crippen molar-refractivity contribution in [2.24, 2.45) is 0 Å². The second-order valence-electron chi connectivity index (χ2n) is 5.11. The fourth-order valence-electron chi connectivity index (χ4n) is 2.07. The van der Waals surface area contributed by atoms with Crippen LogP contribution in [0, 0.1) is 6.92 Å². The molecule has 0 aliphatic carbocycles. The molecule has 2 heteroatoms. The van der Waals surface area contributed by atoms with Gasteiger partial charge in [0.15, 0.2) is 0 Å². The van der Waals surface area contributed by atoms with Gasteiger partial charge in [-0.3, -0.25) is 0 Å². The molecule has 0 aliphatic rings. The van der Waals surface area contributed by atoms with Gasteiger partial charge in [-0.15, -0.1) is 0 Å². The Hall–Kier alpha value is -1.80. The lowest BCUT2D eigenvalue weighted by molar-refractivity contribution is 0.199. The average Bonchev–Trinajstić information content (AvgIpc) is 2.41. The van der Waals surface area contributed by atoms with E-state index in [1.54, 1.807) is 6.92 Å². The molecular weight excluding hydrogens is 234 g/mol. The van der Waals surface area contributed by atoms with Gasteiger partial charge in [0.1, 0.15) is 0 Å². The highest BCUT2D eigenvalue weighted by atomic mass is 16.3. The molecule has 0 bridgehead atoms. The molecule has 1 N–H and O–H groups in total. The molecule has 0 fully saturated rings. The van der Waals surface area contributed by atoms with Crippen LogP contribution in [-0.2, 0) is 6.54 Å². The van der Waals surface area contributed by atoms with Gasteiger partial charge in [0.05, 0.1) is 6.10 Å². The fraction of sp³-hybridized carbons (Fsp3) is 0.294. The van der Waals surface area contributed by atoms with Gasteiger partial charge in [-0.25, -0.2) is 0 Å². The summed E-state index contributed by atoms with van der Waals surface area (Å²) in [5.74, 6) is 0. The van der Waals surface area contributed by atoms with Crippen LogP contribution in [-0.4, -0.2) is 12.2 Å². The van der Waals surface area contributed by atoms with Crippen LogP contribution in [0.2, 0.25) is 0 Å². The van der Waals surface area contributed by atoms with Gasteiger partial charge in [0.2, 0.25) is 0 Å². The number of hydrogen-bond donors (Lipinski definition) is 1. The molecule has 1 atom stereocenters. The van der Waals surface area contributed by atoms with Crippen molar-refractivity contribution < 1.29 is 5.11 Å². The minimum Gasteiger partial charge on any atom is -0.389 e. The molecule has 0 heterocycles. The van der Waals surface area contributed by atoms with E-state index in [-0.39, 0.29) is 0 Å². The first-order valence-corrected chi connectivity index (χ1v) is 6.61. The zero-order chi connectivity index (χ0) is 13.8. The summed E-state index contributed by atoms with van der Waals surface area (Å²) in [5, 5.41) is 9.50. The van der Waals surface area contributed by atoms with Gasteiger partial charge in [-0.05, 0) is 37.1 Å². The van der Waals surface area contributed by atoms with Gasteiger partial charge in [0, 0.05) is 19.3 Å². The second kappa shape index (κ2) is 5.89. The van der Waals surface area contributed by atoms with Crippen LogP contribution in [0.3, 0.4) is 0 Å². The van der Waals surface area contributed by atoms with Crippen molar-refractivity contribution in [1.29, 1.82) is 0 Å². The summed E-state index contributed by atoms with van der Waals surface area (Å²) in [4.78, 5) is 2.20. The summed E-state index contributed by atoms with van der Waals surface area (Å²) in [5.41, 5.74) is 4.69. The lowest BCUT2D eigenvalue weighted by Crippen LogP contribution is -2.16. The number of nitrogens with zero attached hydrogens (tertiary/aromatic N) is 1. The molecule has 0 aromatic heterocycles. The normalized spacial score (nSPS) is 12.2. The van der Waals surface area contributed by atoms with Crippen molar-refractivity contribution >= 4 is 5.69 Å². The fourth-order valence-corrected chi connectivity index (χ4v) is 2.07. The molecule has 2 nitrogen and oxygen atoms in total. The average molecular weight is 255 g/mol. The summed E-state index contributed by atoms with van der Waals surface area (Å²) in [6.45, 7) is 4.77. The van der Waals surface area contributed by atoms with Gasteiger partial charge < -0.3 is 10.0 Å². The van der Waals surface area contributed by atoms with Crippen LogP contribution in [0.5, 0.6) is 0 Å².